The summed E-state index contributed by atoms with van der Waals surface area (Å²) in [6.45, 7) is 2.51. The molecule has 1 fully saturated rings. The highest BCUT2D eigenvalue weighted by molar-refractivity contribution is 5.94. The SMILES string of the molecule is O=C(NCC(c1ccc(F)cc1)N1CCCC1)c1ccc(-n2cccc2)cc1. The number of likely N-dealkylation sites (tertiary alicyclic amines) is 1. The summed E-state index contributed by atoms with van der Waals surface area (Å²) in [5.74, 6) is -0.332. The Labute approximate surface area is 164 Å². The van der Waals surface area contributed by atoms with Crippen molar-refractivity contribution in [3.63, 3.8) is 0 Å². The van der Waals surface area contributed by atoms with Crippen LogP contribution >= 0.6 is 0 Å². The van der Waals surface area contributed by atoms with Gasteiger partial charge in [-0.3, -0.25) is 9.69 Å². The molecule has 1 unspecified atom stereocenters. The molecule has 28 heavy (non-hydrogen) atoms. The van der Waals surface area contributed by atoms with E-state index in [1.165, 1.54) is 12.1 Å². The van der Waals surface area contributed by atoms with Crippen molar-refractivity contribution >= 4 is 5.91 Å². The van der Waals surface area contributed by atoms with Crippen molar-refractivity contribution in [1.29, 1.82) is 0 Å². The van der Waals surface area contributed by atoms with Gasteiger partial charge in [-0.1, -0.05) is 12.1 Å². The maximum Gasteiger partial charge on any atom is 0.251 e. The fourth-order valence-electron chi connectivity index (χ4n) is 3.78. The predicted molar refractivity (Wildman–Crippen MR) is 108 cm³/mol. The minimum absolute atomic E-state index is 0.0613. The third-order valence-corrected chi connectivity index (χ3v) is 5.32. The van der Waals surface area contributed by atoms with Gasteiger partial charge in [0, 0.05) is 30.2 Å². The summed E-state index contributed by atoms with van der Waals surface area (Å²) < 4.78 is 15.3. The number of hydrogen-bond donors (Lipinski definition) is 1. The minimum atomic E-state index is -0.240. The van der Waals surface area contributed by atoms with Crippen LogP contribution in [0.2, 0.25) is 0 Å². The normalized spacial score (nSPS) is 15.5. The first-order chi connectivity index (χ1) is 13.7. The molecule has 1 aliphatic heterocycles. The molecule has 3 aromatic rings. The van der Waals surface area contributed by atoms with Crippen molar-refractivity contribution in [2.24, 2.45) is 0 Å². The van der Waals surface area contributed by atoms with Crippen LogP contribution in [0.3, 0.4) is 0 Å². The van der Waals surface area contributed by atoms with E-state index in [4.69, 9.17) is 0 Å². The van der Waals surface area contributed by atoms with E-state index in [0.717, 1.165) is 37.2 Å². The number of hydrogen-bond acceptors (Lipinski definition) is 2. The van der Waals surface area contributed by atoms with Gasteiger partial charge < -0.3 is 9.88 Å². The van der Waals surface area contributed by atoms with E-state index >= 15 is 0 Å². The standard InChI is InChI=1S/C23H24FN3O/c24-20-9-5-18(6-10-20)22(27-15-3-4-16-27)17-25-23(28)19-7-11-21(12-8-19)26-13-1-2-14-26/h1-2,5-14,22H,3-4,15-17H2,(H,25,28). The summed E-state index contributed by atoms with van der Waals surface area (Å²) in [4.78, 5) is 15.0. The third-order valence-electron chi connectivity index (χ3n) is 5.32. The molecular formula is C23H24FN3O. The molecule has 0 aliphatic carbocycles. The average molecular weight is 377 g/mol. The first kappa shape index (κ1) is 18.4. The third kappa shape index (κ3) is 4.15. The Morgan fingerprint density at radius 2 is 1.61 bits per heavy atom. The van der Waals surface area contributed by atoms with E-state index < -0.39 is 0 Å². The monoisotopic (exact) mass is 377 g/mol. The number of benzene rings is 2. The minimum Gasteiger partial charge on any atom is -0.350 e. The summed E-state index contributed by atoms with van der Waals surface area (Å²) in [6.07, 6.45) is 6.26. The molecule has 144 valence electrons. The molecule has 1 aliphatic rings. The molecule has 0 saturated carbocycles. The predicted octanol–water partition coefficient (Wildman–Crippen LogP) is 4.18. The van der Waals surface area contributed by atoms with Gasteiger partial charge in [0.25, 0.3) is 5.91 Å². The van der Waals surface area contributed by atoms with E-state index in [0.29, 0.717) is 12.1 Å². The van der Waals surface area contributed by atoms with Crippen molar-refractivity contribution in [2.45, 2.75) is 18.9 Å². The van der Waals surface area contributed by atoms with Gasteiger partial charge in [-0.2, -0.15) is 0 Å². The Kier molecular flexibility index (Phi) is 5.53. The lowest BCUT2D eigenvalue weighted by Gasteiger charge is -2.28. The zero-order valence-electron chi connectivity index (χ0n) is 15.7. The van der Waals surface area contributed by atoms with E-state index in [1.807, 2.05) is 65.5 Å². The lowest BCUT2D eigenvalue weighted by atomic mass is 10.0. The number of halogens is 1. The van der Waals surface area contributed by atoms with E-state index in [1.54, 1.807) is 0 Å². The molecule has 5 heteroatoms. The van der Waals surface area contributed by atoms with Crippen LogP contribution in [0.5, 0.6) is 0 Å². The summed E-state index contributed by atoms with van der Waals surface area (Å²) in [5.41, 5.74) is 2.68. The summed E-state index contributed by atoms with van der Waals surface area (Å²) in [6, 6.07) is 18.2. The van der Waals surface area contributed by atoms with Crippen LogP contribution in [0.15, 0.2) is 73.1 Å². The van der Waals surface area contributed by atoms with Crippen molar-refractivity contribution in [2.75, 3.05) is 19.6 Å². The number of nitrogens with one attached hydrogen (secondary N) is 1. The second-order valence-corrected chi connectivity index (χ2v) is 7.16. The van der Waals surface area contributed by atoms with Crippen molar-refractivity contribution in [3.8, 4) is 5.69 Å². The Morgan fingerprint density at radius 1 is 0.964 bits per heavy atom. The van der Waals surface area contributed by atoms with E-state index in [9.17, 15) is 9.18 Å². The van der Waals surface area contributed by atoms with Gasteiger partial charge in [-0.05, 0) is 80.0 Å². The molecule has 0 spiro atoms. The fourth-order valence-corrected chi connectivity index (χ4v) is 3.78. The van der Waals surface area contributed by atoms with Crippen molar-refractivity contribution in [1.82, 2.24) is 14.8 Å². The first-order valence-corrected chi connectivity index (χ1v) is 9.72. The van der Waals surface area contributed by atoms with Crippen LogP contribution < -0.4 is 5.32 Å². The number of carbonyl (C=O) groups excluding carboxylic acids is 1. The maximum absolute atomic E-state index is 13.3. The van der Waals surface area contributed by atoms with E-state index in [-0.39, 0.29) is 17.8 Å². The molecule has 1 aromatic heterocycles. The lowest BCUT2D eigenvalue weighted by Crippen LogP contribution is -2.36. The van der Waals surface area contributed by atoms with Gasteiger partial charge in [0.2, 0.25) is 0 Å². The van der Waals surface area contributed by atoms with Gasteiger partial charge >= 0.3 is 0 Å². The maximum atomic E-state index is 13.3. The Balaban J connectivity index is 1.44. The molecular weight excluding hydrogens is 353 g/mol. The molecule has 0 radical (unpaired) electrons. The quantitative estimate of drug-likeness (QED) is 0.700. The summed E-state index contributed by atoms with van der Waals surface area (Å²) in [5, 5.41) is 3.06. The Bertz CT molecular complexity index is 898. The van der Waals surface area contributed by atoms with Crippen molar-refractivity contribution < 1.29 is 9.18 Å². The van der Waals surface area contributed by atoms with Crippen LogP contribution in [-0.2, 0) is 0 Å². The molecule has 4 nitrogen and oxygen atoms in total. The molecule has 1 saturated heterocycles. The van der Waals surface area contributed by atoms with Crippen LogP contribution in [-0.4, -0.2) is 35.0 Å². The largest absolute Gasteiger partial charge is 0.350 e. The van der Waals surface area contributed by atoms with Gasteiger partial charge in [-0.15, -0.1) is 0 Å². The molecule has 1 amide bonds. The summed E-state index contributed by atoms with van der Waals surface area (Å²) >= 11 is 0. The number of amides is 1. The van der Waals surface area contributed by atoms with Crippen LogP contribution in [0.25, 0.3) is 5.69 Å². The molecule has 0 bridgehead atoms. The first-order valence-electron chi connectivity index (χ1n) is 9.72. The lowest BCUT2D eigenvalue weighted by molar-refractivity contribution is 0.0938. The Hall–Kier alpha value is -2.92. The topological polar surface area (TPSA) is 37.3 Å². The van der Waals surface area contributed by atoms with Crippen LogP contribution in [0, 0.1) is 5.82 Å². The smallest absolute Gasteiger partial charge is 0.251 e. The number of carbonyl (C=O) groups is 1. The number of aromatic nitrogens is 1. The second kappa shape index (κ2) is 8.40. The van der Waals surface area contributed by atoms with Gasteiger partial charge in [0.05, 0.1) is 6.04 Å². The Morgan fingerprint density at radius 3 is 2.25 bits per heavy atom. The zero-order chi connectivity index (χ0) is 19.3. The molecule has 1 atom stereocenters. The van der Waals surface area contributed by atoms with Crippen molar-refractivity contribution in [3.05, 3.63) is 90.0 Å². The van der Waals surface area contributed by atoms with Crippen LogP contribution in [0.1, 0.15) is 34.8 Å². The highest BCUT2D eigenvalue weighted by Crippen LogP contribution is 2.25. The second-order valence-electron chi connectivity index (χ2n) is 7.16. The highest BCUT2D eigenvalue weighted by Gasteiger charge is 2.24. The molecule has 1 N–H and O–H groups in total. The van der Waals surface area contributed by atoms with Crippen LogP contribution in [0.4, 0.5) is 4.39 Å². The molecule has 2 aromatic carbocycles. The van der Waals surface area contributed by atoms with Gasteiger partial charge in [-0.25, -0.2) is 4.39 Å². The summed E-state index contributed by atoms with van der Waals surface area (Å²) in [7, 11) is 0. The van der Waals surface area contributed by atoms with E-state index in [2.05, 4.69) is 10.2 Å². The average Bonchev–Trinajstić information content (AvgIpc) is 3.44. The van der Waals surface area contributed by atoms with Gasteiger partial charge in [0.15, 0.2) is 0 Å². The zero-order valence-corrected chi connectivity index (χ0v) is 15.7. The number of nitrogens with zero attached hydrogens (tertiary/aromatic N) is 2. The number of rotatable bonds is 6. The highest BCUT2D eigenvalue weighted by atomic mass is 19.1. The molecule has 2 heterocycles. The fraction of sp³-hybridized carbons (Fsp3) is 0.261. The van der Waals surface area contributed by atoms with Gasteiger partial charge in [0.1, 0.15) is 5.82 Å². The molecule has 4 rings (SSSR count).